The second kappa shape index (κ2) is 7.37. The van der Waals surface area contributed by atoms with E-state index >= 15 is 0 Å². The van der Waals surface area contributed by atoms with Crippen LogP contribution in [0.5, 0.6) is 0 Å². The minimum absolute atomic E-state index is 0.208. The predicted molar refractivity (Wildman–Crippen MR) is 93.9 cm³/mol. The van der Waals surface area contributed by atoms with Crippen molar-refractivity contribution in [3.05, 3.63) is 46.8 Å². The van der Waals surface area contributed by atoms with E-state index < -0.39 is 10.0 Å². The van der Waals surface area contributed by atoms with Gasteiger partial charge in [-0.05, 0) is 44.7 Å². The number of rotatable bonds is 7. The quantitative estimate of drug-likeness (QED) is 0.646. The number of aryl methyl sites for hydroxylation is 2. The van der Waals surface area contributed by atoms with Crippen LogP contribution in [-0.4, -0.2) is 37.6 Å². The molecule has 1 heterocycles. The average molecular weight is 362 g/mol. The summed E-state index contributed by atoms with van der Waals surface area (Å²) in [4.78, 5) is 12.4. The van der Waals surface area contributed by atoms with Crippen LogP contribution in [0.1, 0.15) is 40.2 Å². The van der Waals surface area contributed by atoms with E-state index in [0.29, 0.717) is 18.7 Å². The Hall–Kier alpha value is -2.19. The molecule has 1 amide bonds. The summed E-state index contributed by atoms with van der Waals surface area (Å²) in [5.74, 6) is -0.208. The largest absolute Gasteiger partial charge is 0.351 e. The highest BCUT2D eigenvalue weighted by Crippen LogP contribution is 2.22. The Morgan fingerprint density at radius 1 is 1.20 bits per heavy atom. The van der Waals surface area contributed by atoms with E-state index in [0.717, 1.165) is 36.1 Å². The van der Waals surface area contributed by atoms with Gasteiger partial charge < -0.3 is 5.32 Å². The normalized spacial score (nSPS) is 13.6. The van der Waals surface area contributed by atoms with Crippen LogP contribution >= 0.6 is 0 Å². The fourth-order valence-electron chi connectivity index (χ4n) is 2.89. The number of carbonyl (C=O) groups excluding carboxylic acids is 1. The number of H-pyrrole nitrogens is 1. The molecule has 1 aliphatic rings. The Balaban J connectivity index is 1.44. The van der Waals surface area contributed by atoms with Gasteiger partial charge in [-0.2, -0.15) is 5.10 Å². The van der Waals surface area contributed by atoms with Gasteiger partial charge in [-0.25, -0.2) is 13.1 Å². The molecular formula is C17H22N4O3S. The molecule has 7 nitrogen and oxygen atoms in total. The first-order valence-corrected chi connectivity index (χ1v) is 9.86. The maximum atomic E-state index is 12.1. The van der Waals surface area contributed by atoms with Gasteiger partial charge in [0.25, 0.3) is 5.91 Å². The Labute approximate surface area is 147 Å². The number of amides is 1. The summed E-state index contributed by atoms with van der Waals surface area (Å²) in [7, 11) is -3.51. The van der Waals surface area contributed by atoms with Crippen molar-refractivity contribution in [3.8, 4) is 0 Å². The first kappa shape index (κ1) is 17.6. The van der Waals surface area contributed by atoms with Crippen LogP contribution in [0.2, 0.25) is 0 Å². The lowest BCUT2D eigenvalue weighted by Gasteiger charge is -2.08. The van der Waals surface area contributed by atoms with Crippen LogP contribution in [0, 0.1) is 6.92 Å². The van der Waals surface area contributed by atoms with E-state index in [9.17, 15) is 13.2 Å². The summed E-state index contributed by atoms with van der Waals surface area (Å²) in [6.45, 7) is 2.55. The lowest BCUT2D eigenvalue weighted by atomic mass is 10.2. The van der Waals surface area contributed by atoms with Gasteiger partial charge in [0.2, 0.25) is 10.0 Å². The van der Waals surface area contributed by atoms with E-state index in [4.69, 9.17) is 0 Å². The molecule has 1 aliphatic carbocycles. The van der Waals surface area contributed by atoms with Crippen molar-refractivity contribution in [3.63, 3.8) is 0 Å². The fourth-order valence-corrected chi connectivity index (χ4v) is 3.96. The van der Waals surface area contributed by atoms with Gasteiger partial charge in [0.15, 0.2) is 5.69 Å². The van der Waals surface area contributed by atoms with Crippen molar-refractivity contribution in [1.82, 2.24) is 20.2 Å². The number of fused-ring (bicyclic) bond motifs is 1. The molecule has 1 aromatic heterocycles. The standard InChI is InChI=1S/C17H22N4O3S/c1-12-6-8-13(9-7-12)25(23,24)19-11-3-10-18-17(22)16-14-4-2-5-15(14)20-21-16/h6-9,19H,2-5,10-11H2,1H3,(H,18,22)(H,20,21). The first-order chi connectivity index (χ1) is 12.0. The molecule has 1 aromatic carbocycles. The second-order valence-corrected chi connectivity index (χ2v) is 7.97. The van der Waals surface area contributed by atoms with Gasteiger partial charge in [-0.3, -0.25) is 9.89 Å². The molecule has 0 saturated carbocycles. The van der Waals surface area contributed by atoms with Crippen LogP contribution in [0.15, 0.2) is 29.2 Å². The maximum absolute atomic E-state index is 12.1. The SMILES string of the molecule is Cc1ccc(S(=O)(=O)NCCCNC(=O)c2n[nH]c3c2CCC3)cc1. The third-order valence-corrected chi connectivity index (χ3v) is 5.76. The zero-order valence-electron chi connectivity index (χ0n) is 14.1. The van der Waals surface area contributed by atoms with E-state index in [2.05, 4.69) is 20.2 Å². The van der Waals surface area contributed by atoms with Gasteiger partial charge in [0.1, 0.15) is 0 Å². The van der Waals surface area contributed by atoms with Crippen LogP contribution < -0.4 is 10.0 Å². The molecule has 0 saturated heterocycles. The highest BCUT2D eigenvalue weighted by molar-refractivity contribution is 7.89. The molecular weight excluding hydrogens is 340 g/mol. The van der Waals surface area contributed by atoms with E-state index in [1.807, 2.05) is 6.92 Å². The van der Waals surface area contributed by atoms with Gasteiger partial charge in [0, 0.05) is 24.3 Å². The predicted octanol–water partition coefficient (Wildman–Crippen LogP) is 1.31. The molecule has 0 spiro atoms. The smallest absolute Gasteiger partial charge is 0.272 e. The zero-order chi connectivity index (χ0) is 17.9. The molecule has 0 aliphatic heterocycles. The van der Waals surface area contributed by atoms with Gasteiger partial charge >= 0.3 is 0 Å². The molecule has 0 fully saturated rings. The number of hydrogen-bond donors (Lipinski definition) is 3. The molecule has 2 aromatic rings. The summed E-state index contributed by atoms with van der Waals surface area (Å²) in [6.07, 6.45) is 3.37. The van der Waals surface area contributed by atoms with Crippen molar-refractivity contribution in [2.24, 2.45) is 0 Å². The number of hydrogen-bond acceptors (Lipinski definition) is 4. The number of nitrogens with zero attached hydrogens (tertiary/aromatic N) is 1. The Morgan fingerprint density at radius 2 is 1.96 bits per heavy atom. The number of aromatic nitrogens is 2. The van der Waals surface area contributed by atoms with E-state index in [1.165, 1.54) is 0 Å². The minimum atomic E-state index is -3.51. The summed E-state index contributed by atoms with van der Waals surface area (Å²) in [6, 6.07) is 6.68. The van der Waals surface area contributed by atoms with E-state index in [-0.39, 0.29) is 17.3 Å². The van der Waals surface area contributed by atoms with Crippen molar-refractivity contribution in [1.29, 1.82) is 0 Å². The summed E-state index contributed by atoms with van der Waals surface area (Å²) in [5, 5.41) is 9.77. The lowest BCUT2D eigenvalue weighted by molar-refractivity contribution is 0.0947. The molecule has 134 valence electrons. The molecule has 3 N–H and O–H groups in total. The number of sulfonamides is 1. The molecule has 0 bridgehead atoms. The maximum Gasteiger partial charge on any atom is 0.272 e. The average Bonchev–Trinajstić information content (AvgIpc) is 3.17. The van der Waals surface area contributed by atoms with Gasteiger partial charge in [-0.15, -0.1) is 0 Å². The highest BCUT2D eigenvalue weighted by Gasteiger charge is 2.22. The van der Waals surface area contributed by atoms with Crippen LogP contribution in [0.4, 0.5) is 0 Å². The molecule has 0 radical (unpaired) electrons. The number of carbonyl (C=O) groups is 1. The van der Waals surface area contributed by atoms with Gasteiger partial charge in [-0.1, -0.05) is 17.7 Å². The van der Waals surface area contributed by atoms with Crippen molar-refractivity contribution < 1.29 is 13.2 Å². The molecule has 25 heavy (non-hydrogen) atoms. The molecule has 3 rings (SSSR count). The van der Waals surface area contributed by atoms with Crippen molar-refractivity contribution in [2.75, 3.05) is 13.1 Å². The third kappa shape index (κ3) is 4.08. The second-order valence-electron chi connectivity index (χ2n) is 6.20. The van der Waals surface area contributed by atoms with Crippen LogP contribution in [-0.2, 0) is 22.9 Å². The highest BCUT2D eigenvalue weighted by atomic mass is 32.2. The first-order valence-electron chi connectivity index (χ1n) is 8.38. The molecule has 0 unspecified atom stereocenters. The Morgan fingerprint density at radius 3 is 2.72 bits per heavy atom. The Kier molecular flexibility index (Phi) is 5.19. The third-order valence-electron chi connectivity index (χ3n) is 4.28. The number of benzene rings is 1. The van der Waals surface area contributed by atoms with Crippen molar-refractivity contribution in [2.45, 2.75) is 37.5 Å². The monoisotopic (exact) mass is 362 g/mol. The minimum Gasteiger partial charge on any atom is -0.351 e. The summed E-state index contributed by atoms with van der Waals surface area (Å²) >= 11 is 0. The molecule has 0 atom stereocenters. The topological polar surface area (TPSA) is 104 Å². The van der Waals surface area contributed by atoms with E-state index in [1.54, 1.807) is 24.3 Å². The van der Waals surface area contributed by atoms with Crippen molar-refractivity contribution >= 4 is 15.9 Å². The van der Waals surface area contributed by atoms with Gasteiger partial charge in [0.05, 0.1) is 4.90 Å². The number of aromatic amines is 1. The summed E-state index contributed by atoms with van der Waals surface area (Å²) in [5.41, 5.74) is 3.54. The fraction of sp³-hybridized carbons (Fsp3) is 0.412. The van der Waals surface area contributed by atoms with Crippen LogP contribution in [0.25, 0.3) is 0 Å². The lowest BCUT2D eigenvalue weighted by Crippen LogP contribution is -2.30. The zero-order valence-corrected chi connectivity index (χ0v) is 14.9. The number of nitrogens with one attached hydrogen (secondary N) is 3. The molecule has 8 heteroatoms. The van der Waals surface area contributed by atoms with Crippen LogP contribution in [0.3, 0.4) is 0 Å². The Bertz CT molecular complexity index is 857. The summed E-state index contributed by atoms with van der Waals surface area (Å²) < 4.78 is 26.8.